The van der Waals surface area contributed by atoms with Crippen molar-refractivity contribution in [2.24, 2.45) is 0 Å². The Hall–Kier alpha value is -3.15. The molecular weight excluding hydrogens is 374 g/mol. The van der Waals surface area contributed by atoms with Crippen molar-refractivity contribution in [1.29, 1.82) is 0 Å². The fraction of sp³-hybridized carbons (Fsp3) is 0.375. The predicted molar refractivity (Wildman–Crippen MR) is 122 cm³/mol. The summed E-state index contributed by atoms with van der Waals surface area (Å²) in [6.07, 6.45) is 6.69. The van der Waals surface area contributed by atoms with Crippen LogP contribution in [0, 0.1) is 0 Å². The van der Waals surface area contributed by atoms with Crippen LogP contribution in [-0.2, 0) is 6.42 Å². The maximum absolute atomic E-state index is 5.47. The number of hydrogen-bond acceptors (Lipinski definition) is 6. The van der Waals surface area contributed by atoms with Crippen LogP contribution in [0.25, 0.3) is 11.3 Å². The number of fused-ring (bicyclic) bond motifs is 1. The standard InChI is InChI=1S/C24H29N5O/c1-4-14-28(15-5-2)24-26-22(18-7-6-8-20(17-18)30-3)21-11-16-29(23(21)27-24)19-9-12-25-13-10-19/h6-10,12-13,17H,4-5,11,14-16H2,1-3H3. The highest BCUT2D eigenvalue weighted by atomic mass is 16.5. The molecular formula is C24H29N5O. The van der Waals surface area contributed by atoms with Gasteiger partial charge in [0.2, 0.25) is 5.95 Å². The second kappa shape index (κ2) is 9.11. The van der Waals surface area contributed by atoms with Crippen LogP contribution in [0.4, 0.5) is 17.5 Å². The minimum absolute atomic E-state index is 0.802. The summed E-state index contributed by atoms with van der Waals surface area (Å²) in [6, 6.07) is 12.2. The van der Waals surface area contributed by atoms with Crippen LogP contribution in [0.15, 0.2) is 48.8 Å². The second-order valence-electron chi connectivity index (χ2n) is 7.50. The predicted octanol–water partition coefficient (Wildman–Crippen LogP) is 4.87. The molecule has 0 aliphatic carbocycles. The lowest BCUT2D eigenvalue weighted by Gasteiger charge is -2.25. The van der Waals surface area contributed by atoms with Crippen molar-refractivity contribution >= 4 is 17.5 Å². The van der Waals surface area contributed by atoms with Crippen molar-refractivity contribution in [2.45, 2.75) is 33.1 Å². The van der Waals surface area contributed by atoms with Crippen molar-refractivity contribution in [1.82, 2.24) is 15.0 Å². The summed E-state index contributed by atoms with van der Waals surface area (Å²) in [7, 11) is 1.70. The molecule has 1 aromatic carbocycles. The summed E-state index contributed by atoms with van der Waals surface area (Å²) in [5.74, 6) is 2.64. The third-order valence-electron chi connectivity index (χ3n) is 5.40. The van der Waals surface area contributed by atoms with E-state index in [2.05, 4.69) is 40.8 Å². The second-order valence-corrected chi connectivity index (χ2v) is 7.50. The van der Waals surface area contributed by atoms with E-state index < -0.39 is 0 Å². The van der Waals surface area contributed by atoms with E-state index in [0.717, 1.165) is 73.4 Å². The summed E-state index contributed by atoms with van der Waals surface area (Å²) in [4.78, 5) is 18.9. The minimum Gasteiger partial charge on any atom is -0.497 e. The molecule has 3 heterocycles. The molecule has 0 bridgehead atoms. The first kappa shape index (κ1) is 20.1. The Morgan fingerprint density at radius 1 is 1.03 bits per heavy atom. The Morgan fingerprint density at radius 2 is 1.80 bits per heavy atom. The Balaban J connectivity index is 1.87. The topological polar surface area (TPSA) is 54.4 Å². The number of benzene rings is 1. The zero-order chi connectivity index (χ0) is 20.9. The average molecular weight is 404 g/mol. The average Bonchev–Trinajstić information content (AvgIpc) is 3.23. The molecule has 0 N–H and O–H groups in total. The monoisotopic (exact) mass is 403 g/mol. The van der Waals surface area contributed by atoms with E-state index in [9.17, 15) is 0 Å². The van der Waals surface area contributed by atoms with Gasteiger partial charge in [-0.25, -0.2) is 4.98 Å². The van der Waals surface area contributed by atoms with Crippen LogP contribution in [0.5, 0.6) is 5.75 Å². The summed E-state index contributed by atoms with van der Waals surface area (Å²) < 4.78 is 5.47. The Bertz CT molecular complexity index is 986. The number of methoxy groups -OCH3 is 1. The summed E-state index contributed by atoms with van der Waals surface area (Å²) in [5, 5.41) is 0. The quantitative estimate of drug-likeness (QED) is 0.535. The molecule has 6 nitrogen and oxygen atoms in total. The Morgan fingerprint density at radius 3 is 2.50 bits per heavy atom. The molecule has 0 saturated heterocycles. The number of hydrogen-bond donors (Lipinski definition) is 0. The zero-order valence-corrected chi connectivity index (χ0v) is 18.0. The van der Waals surface area contributed by atoms with E-state index in [1.807, 2.05) is 36.7 Å². The molecule has 4 rings (SSSR count). The number of rotatable bonds is 8. The van der Waals surface area contributed by atoms with Gasteiger partial charge in [-0.15, -0.1) is 0 Å². The van der Waals surface area contributed by atoms with E-state index in [1.54, 1.807) is 7.11 Å². The van der Waals surface area contributed by atoms with Crippen LogP contribution < -0.4 is 14.5 Å². The molecule has 0 saturated carbocycles. The molecule has 0 unspecified atom stereocenters. The molecule has 0 spiro atoms. The first-order chi connectivity index (χ1) is 14.7. The molecule has 1 aliphatic rings. The van der Waals surface area contributed by atoms with Crippen LogP contribution in [-0.4, -0.2) is 41.7 Å². The third kappa shape index (κ3) is 3.95. The molecule has 2 aromatic heterocycles. The normalized spacial score (nSPS) is 12.7. The maximum Gasteiger partial charge on any atom is 0.227 e. The lowest BCUT2D eigenvalue weighted by Crippen LogP contribution is -2.27. The number of ether oxygens (including phenoxy) is 1. The highest BCUT2D eigenvalue weighted by Gasteiger charge is 2.28. The van der Waals surface area contributed by atoms with E-state index >= 15 is 0 Å². The Kier molecular flexibility index (Phi) is 6.12. The fourth-order valence-electron chi connectivity index (χ4n) is 4.02. The van der Waals surface area contributed by atoms with Gasteiger partial charge in [-0.2, -0.15) is 4.98 Å². The van der Waals surface area contributed by atoms with Crippen LogP contribution in [0.3, 0.4) is 0 Å². The van der Waals surface area contributed by atoms with Crippen LogP contribution in [0.1, 0.15) is 32.3 Å². The number of pyridine rings is 1. The molecule has 30 heavy (non-hydrogen) atoms. The van der Waals surface area contributed by atoms with E-state index in [-0.39, 0.29) is 0 Å². The first-order valence-electron chi connectivity index (χ1n) is 10.7. The van der Waals surface area contributed by atoms with Crippen molar-refractivity contribution in [3.05, 3.63) is 54.4 Å². The molecule has 0 fully saturated rings. The minimum atomic E-state index is 0.802. The van der Waals surface area contributed by atoms with Gasteiger partial charge in [0, 0.05) is 48.8 Å². The lowest BCUT2D eigenvalue weighted by atomic mass is 10.1. The van der Waals surface area contributed by atoms with Gasteiger partial charge in [0.1, 0.15) is 11.6 Å². The lowest BCUT2D eigenvalue weighted by molar-refractivity contribution is 0.415. The highest BCUT2D eigenvalue weighted by molar-refractivity contribution is 5.77. The smallest absolute Gasteiger partial charge is 0.227 e. The van der Waals surface area contributed by atoms with Gasteiger partial charge in [0.25, 0.3) is 0 Å². The van der Waals surface area contributed by atoms with E-state index in [1.165, 1.54) is 5.56 Å². The Labute approximate surface area is 178 Å². The third-order valence-corrected chi connectivity index (χ3v) is 5.40. The summed E-state index contributed by atoms with van der Waals surface area (Å²) in [6.45, 7) is 7.17. The van der Waals surface area contributed by atoms with E-state index in [0.29, 0.717) is 0 Å². The highest BCUT2D eigenvalue weighted by Crippen LogP contribution is 2.39. The van der Waals surface area contributed by atoms with Crippen LogP contribution in [0.2, 0.25) is 0 Å². The zero-order valence-electron chi connectivity index (χ0n) is 18.0. The van der Waals surface area contributed by atoms with Gasteiger partial charge in [0.05, 0.1) is 12.8 Å². The molecule has 156 valence electrons. The number of nitrogens with zero attached hydrogens (tertiary/aromatic N) is 5. The molecule has 1 aliphatic heterocycles. The number of anilines is 3. The van der Waals surface area contributed by atoms with Gasteiger partial charge < -0.3 is 14.5 Å². The largest absolute Gasteiger partial charge is 0.497 e. The van der Waals surface area contributed by atoms with Gasteiger partial charge in [0.15, 0.2) is 0 Å². The van der Waals surface area contributed by atoms with Crippen molar-refractivity contribution in [3.8, 4) is 17.0 Å². The number of aromatic nitrogens is 3. The molecule has 3 aromatic rings. The van der Waals surface area contributed by atoms with Crippen molar-refractivity contribution < 1.29 is 4.74 Å². The van der Waals surface area contributed by atoms with Crippen molar-refractivity contribution in [2.75, 3.05) is 36.5 Å². The van der Waals surface area contributed by atoms with E-state index in [4.69, 9.17) is 14.7 Å². The molecule has 0 amide bonds. The summed E-state index contributed by atoms with van der Waals surface area (Å²) in [5.41, 5.74) is 4.38. The fourth-order valence-corrected chi connectivity index (χ4v) is 4.02. The van der Waals surface area contributed by atoms with Gasteiger partial charge in [-0.05, 0) is 43.5 Å². The molecule has 0 atom stereocenters. The summed E-state index contributed by atoms with van der Waals surface area (Å²) >= 11 is 0. The first-order valence-corrected chi connectivity index (χ1v) is 10.7. The van der Waals surface area contributed by atoms with Gasteiger partial charge in [-0.3, -0.25) is 4.98 Å². The SMILES string of the molecule is CCCN(CCC)c1nc(-c2cccc(OC)c2)c2c(n1)N(c1ccncc1)CC2. The van der Waals surface area contributed by atoms with Crippen molar-refractivity contribution in [3.63, 3.8) is 0 Å². The molecule has 6 heteroatoms. The van der Waals surface area contributed by atoms with Crippen LogP contribution >= 0.6 is 0 Å². The van der Waals surface area contributed by atoms with Gasteiger partial charge in [-0.1, -0.05) is 26.0 Å². The maximum atomic E-state index is 5.47. The van der Waals surface area contributed by atoms with Gasteiger partial charge >= 0.3 is 0 Å². The molecule has 0 radical (unpaired) electrons.